The Hall–Kier alpha value is -1.83. The molecule has 0 aliphatic heterocycles. The minimum absolute atomic E-state index is 0.00389. The summed E-state index contributed by atoms with van der Waals surface area (Å²) < 4.78 is 0. The number of carboxylic acids is 1. The van der Waals surface area contributed by atoms with E-state index < -0.39 is 18.5 Å². The van der Waals surface area contributed by atoms with E-state index in [-0.39, 0.29) is 26.3 Å². The number of aliphatic hydroxyl groups is 2. The minimum Gasteiger partial charge on any atom is -0.480 e. The topological polar surface area (TPSA) is 101 Å². The Morgan fingerprint density at radius 1 is 1.14 bits per heavy atom. The van der Waals surface area contributed by atoms with E-state index in [1.807, 2.05) is 0 Å². The van der Waals surface area contributed by atoms with E-state index in [2.05, 4.69) is 0 Å². The molecular weight excluding hydrogens is 300 g/mol. The number of amides is 2. The van der Waals surface area contributed by atoms with Crippen LogP contribution in [0.1, 0.15) is 0 Å². The Balaban J connectivity index is 3.05. The van der Waals surface area contributed by atoms with E-state index in [1.54, 1.807) is 18.2 Å². The fraction of sp³-hybridized carbons (Fsp3) is 0.385. The zero-order valence-corrected chi connectivity index (χ0v) is 12.0. The number of benzene rings is 1. The van der Waals surface area contributed by atoms with Crippen LogP contribution in [0.4, 0.5) is 10.5 Å². The quantitative estimate of drug-likeness (QED) is 0.685. The van der Waals surface area contributed by atoms with Crippen LogP contribution in [-0.2, 0) is 4.79 Å². The molecule has 0 saturated heterocycles. The predicted molar refractivity (Wildman–Crippen MR) is 77.6 cm³/mol. The fourth-order valence-electron chi connectivity index (χ4n) is 1.76. The molecule has 0 saturated carbocycles. The van der Waals surface area contributed by atoms with Gasteiger partial charge in [-0.2, -0.15) is 0 Å². The van der Waals surface area contributed by atoms with Crippen LogP contribution in [0, 0.1) is 0 Å². The van der Waals surface area contributed by atoms with Crippen molar-refractivity contribution in [3.63, 3.8) is 0 Å². The molecule has 0 aliphatic carbocycles. The van der Waals surface area contributed by atoms with E-state index in [0.29, 0.717) is 10.7 Å². The number of carboxylic acid groups (broad SMARTS) is 1. The number of hydrogen-bond donors (Lipinski definition) is 3. The predicted octanol–water partition coefficient (Wildman–Crippen LogP) is 0.638. The third-order valence-electron chi connectivity index (χ3n) is 2.65. The summed E-state index contributed by atoms with van der Waals surface area (Å²) in [6.07, 6.45) is 0. The molecule has 3 N–H and O–H groups in total. The van der Waals surface area contributed by atoms with Crippen molar-refractivity contribution in [1.82, 2.24) is 4.90 Å². The summed E-state index contributed by atoms with van der Waals surface area (Å²) in [5, 5.41) is 27.2. The standard InChI is InChI=1S/C13H17ClN2O5/c14-10-2-1-3-11(8-10)16(9-12(19)20)13(21)15(4-6-17)5-7-18/h1-3,8,17-18H,4-7,9H2,(H,19,20). The fourth-order valence-corrected chi connectivity index (χ4v) is 1.95. The number of nitrogens with zero attached hydrogens (tertiary/aromatic N) is 2. The SMILES string of the molecule is O=C(O)CN(C(=O)N(CCO)CCO)c1cccc(Cl)c1. The van der Waals surface area contributed by atoms with Gasteiger partial charge in [0.1, 0.15) is 6.54 Å². The number of aliphatic hydroxyl groups excluding tert-OH is 2. The molecule has 0 unspecified atom stereocenters. The first-order valence-corrected chi connectivity index (χ1v) is 6.63. The molecule has 0 radical (unpaired) electrons. The first-order valence-electron chi connectivity index (χ1n) is 6.25. The summed E-state index contributed by atoms with van der Waals surface area (Å²) >= 11 is 5.85. The van der Waals surface area contributed by atoms with Crippen molar-refractivity contribution in [2.45, 2.75) is 0 Å². The third-order valence-corrected chi connectivity index (χ3v) is 2.89. The van der Waals surface area contributed by atoms with Gasteiger partial charge in [-0.25, -0.2) is 4.79 Å². The lowest BCUT2D eigenvalue weighted by atomic mass is 10.3. The Kier molecular flexibility index (Phi) is 6.93. The van der Waals surface area contributed by atoms with Gasteiger partial charge in [-0.3, -0.25) is 9.69 Å². The van der Waals surface area contributed by atoms with Crippen LogP contribution in [0.2, 0.25) is 5.02 Å². The van der Waals surface area contributed by atoms with Crippen molar-refractivity contribution >= 4 is 29.3 Å². The number of aliphatic carboxylic acids is 1. The Labute approximate surface area is 127 Å². The molecule has 0 bridgehead atoms. The van der Waals surface area contributed by atoms with Gasteiger partial charge in [-0.15, -0.1) is 0 Å². The second kappa shape index (κ2) is 8.46. The highest BCUT2D eigenvalue weighted by Gasteiger charge is 2.24. The van der Waals surface area contributed by atoms with E-state index >= 15 is 0 Å². The minimum atomic E-state index is -1.18. The van der Waals surface area contributed by atoms with E-state index in [0.717, 1.165) is 4.90 Å². The summed E-state index contributed by atoms with van der Waals surface area (Å²) in [6, 6.07) is 5.61. The first-order chi connectivity index (χ1) is 9.99. The molecule has 21 heavy (non-hydrogen) atoms. The maximum absolute atomic E-state index is 12.4. The summed E-state index contributed by atoms with van der Waals surface area (Å²) in [5.41, 5.74) is 0.329. The molecule has 7 nitrogen and oxygen atoms in total. The Morgan fingerprint density at radius 3 is 2.24 bits per heavy atom. The number of rotatable bonds is 7. The van der Waals surface area contributed by atoms with E-state index in [4.69, 9.17) is 26.9 Å². The van der Waals surface area contributed by atoms with Crippen LogP contribution in [0.5, 0.6) is 0 Å². The van der Waals surface area contributed by atoms with Crippen LogP contribution in [0.3, 0.4) is 0 Å². The van der Waals surface area contributed by atoms with Gasteiger partial charge in [0.2, 0.25) is 0 Å². The number of hydrogen-bond acceptors (Lipinski definition) is 4. The van der Waals surface area contributed by atoms with E-state index in [9.17, 15) is 9.59 Å². The number of carbonyl (C=O) groups excluding carboxylic acids is 1. The third kappa shape index (κ3) is 5.22. The van der Waals surface area contributed by atoms with Gasteiger partial charge in [0, 0.05) is 23.8 Å². The molecule has 0 aromatic heterocycles. The van der Waals surface area contributed by atoms with Crippen LogP contribution in [-0.4, -0.2) is 65.1 Å². The molecule has 0 fully saturated rings. The van der Waals surface area contributed by atoms with Gasteiger partial charge in [-0.1, -0.05) is 17.7 Å². The van der Waals surface area contributed by atoms with Crippen molar-refractivity contribution in [2.24, 2.45) is 0 Å². The summed E-state index contributed by atoms with van der Waals surface area (Å²) in [4.78, 5) is 25.6. The molecule has 2 amide bonds. The highest BCUT2D eigenvalue weighted by Crippen LogP contribution is 2.20. The van der Waals surface area contributed by atoms with Gasteiger partial charge in [0.15, 0.2) is 0 Å². The number of urea groups is 1. The second-order valence-corrected chi connectivity index (χ2v) is 4.61. The van der Waals surface area contributed by atoms with E-state index in [1.165, 1.54) is 11.0 Å². The highest BCUT2D eigenvalue weighted by molar-refractivity contribution is 6.30. The van der Waals surface area contributed by atoms with Crippen molar-refractivity contribution < 1.29 is 24.9 Å². The normalized spacial score (nSPS) is 10.2. The molecular formula is C13H17ClN2O5. The first kappa shape index (κ1) is 17.2. The average molecular weight is 317 g/mol. The smallest absolute Gasteiger partial charge is 0.325 e. The molecule has 0 aliphatic rings. The summed E-state index contributed by atoms with van der Waals surface area (Å²) in [6.45, 7) is -1.14. The van der Waals surface area contributed by atoms with Crippen LogP contribution >= 0.6 is 11.6 Å². The lowest BCUT2D eigenvalue weighted by Gasteiger charge is -2.29. The van der Waals surface area contributed by atoms with Gasteiger partial charge in [0.25, 0.3) is 0 Å². The van der Waals surface area contributed by atoms with Crippen LogP contribution in [0.25, 0.3) is 0 Å². The monoisotopic (exact) mass is 316 g/mol. The molecule has 1 rings (SSSR count). The van der Waals surface area contributed by atoms with Crippen molar-refractivity contribution in [1.29, 1.82) is 0 Å². The molecule has 8 heteroatoms. The second-order valence-electron chi connectivity index (χ2n) is 4.18. The maximum Gasteiger partial charge on any atom is 0.325 e. The van der Waals surface area contributed by atoms with Gasteiger partial charge in [-0.05, 0) is 18.2 Å². The van der Waals surface area contributed by atoms with Crippen molar-refractivity contribution in [3.05, 3.63) is 29.3 Å². The highest BCUT2D eigenvalue weighted by atomic mass is 35.5. The van der Waals surface area contributed by atoms with Gasteiger partial charge < -0.3 is 20.2 Å². The lowest BCUT2D eigenvalue weighted by molar-refractivity contribution is -0.135. The average Bonchev–Trinajstić information content (AvgIpc) is 2.43. The molecule has 0 heterocycles. The zero-order chi connectivity index (χ0) is 15.8. The number of halogens is 1. The zero-order valence-electron chi connectivity index (χ0n) is 11.3. The van der Waals surface area contributed by atoms with Crippen molar-refractivity contribution in [3.8, 4) is 0 Å². The molecule has 1 aromatic rings. The van der Waals surface area contributed by atoms with Crippen LogP contribution in [0.15, 0.2) is 24.3 Å². The maximum atomic E-state index is 12.4. The molecule has 0 atom stereocenters. The van der Waals surface area contributed by atoms with Gasteiger partial charge >= 0.3 is 12.0 Å². The molecule has 0 spiro atoms. The Bertz CT molecular complexity index is 491. The van der Waals surface area contributed by atoms with Crippen LogP contribution < -0.4 is 4.90 Å². The number of carbonyl (C=O) groups is 2. The largest absolute Gasteiger partial charge is 0.480 e. The summed E-state index contributed by atoms with van der Waals surface area (Å²) in [7, 11) is 0. The molecule has 1 aromatic carbocycles. The van der Waals surface area contributed by atoms with Crippen molar-refractivity contribution in [2.75, 3.05) is 37.7 Å². The van der Waals surface area contributed by atoms with Gasteiger partial charge in [0.05, 0.1) is 13.2 Å². The Morgan fingerprint density at radius 2 is 1.76 bits per heavy atom. The number of anilines is 1. The molecule has 116 valence electrons. The lowest BCUT2D eigenvalue weighted by Crippen LogP contribution is -2.47. The summed E-state index contributed by atoms with van der Waals surface area (Å²) in [5.74, 6) is -1.18.